The van der Waals surface area contributed by atoms with E-state index in [4.69, 9.17) is 11.6 Å². The Bertz CT molecular complexity index is 548. The smallest absolute Gasteiger partial charge is 0.243 e. The quantitative estimate of drug-likeness (QED) is 0.869. The number of nitrogens with zero attached hydrogens (tertiary/aromatic N) is 1. The fourth-order valence-corrected chi connectivity index (χ4v) is 4.22. The van der Waals surface area contributed by atoms with Crippen molar-refractivity contribution >= 4 is 21.6 Å². The van der Waals surface area contributed by atoms with Crippen molar-refractivity contribution in [2.24, 2.45) is 5.41 Å². The summed E-state index contributed by atoms with van der Waals surface area (Å²) in [7, 11) is -3.67. The van der Waals surface area contributed by atoms with Gasteiger partial charge in [0.15, 0.2) is 0 Å². The number of nitrogens with one attached hydrogen (secondary N) is 1. The maximum absolute atomic E-state index is 12.3. The van der Waals surface area contributed by atoms with Gasteiger partial charge in [0, 0.05) is 11.7 Å². The van der Waals surface area contributed by atoms with E-state index in [1.54, 1.807) is 6.07 Å². The lowest BCUT2D eigenvalue weighted by Gasteiger charge is -2.32. The molecular formula is C13H21ClN2O2S. The molecule has 0 aliphatic rings. The van der Waals surface area contributed by atoms with Crippen LogP contribution >= 0.6 is 11.6 Å². The van der Waals surface area contributed by atoms with E-state index >= 15 is 0 Å². The van der Waals surface area contributed by atoms with Crippen LogP contribution in [0, 0.1) is 5.41 Å². The zero-order chi connectivity index (χ0) is 14.9. The molecule has 1 heterocycles. The second-order valence-corrected chi connectivity index (χ2v) is 8.53. The van der Waals surface area contributed by atoms with Crippen LogP contribution in [-0.4, -0.2) is 18.9 Å². The van der Waals surface area contributed by atoms with Crippen LogP contribution in [0.3, 0.4) is 0 Å². The van der Waals surface area contributed by atoms with Crippen LogP contribution in [0.15, 0.2) is 23.2 Å². The Morgan fingerprint density at radius 3 is 2.32 bits per heavy atom. The van der Waals surface area contributed by atoms with Crippen molar-refractivity contribution < 1.29 is 8.42 Å². The Morgan fingerprint density at radius 1 is 1.26 bits per heavy atom. The van der Waals surface area contributed by atoms with Crippen LogP contribution in [0.2, 0.25) is 5.15 Å². The van der Waals surface area contributed by atoms with Crippen molar-refractivity contribution in [2.75, 3.05) is 0 Å². The number of pyridine rings is 1. The molecule has 0 aliphatic heterocycles. The highest BCUT2D eigenvalue weighted by Crippen LogP contribution is 2.29. The van der Waals surface area contributed by atoms with Crippen molar-refractivity contribution in [3.63, 3.8) is 0 Å². The summed E-state index contributed by atoms with van der Waals surface area (Å²) in [4.78, 5) is 3.81. The Labute approximate surface area is 120 Å². The molecule has 0 amide bonds. The first kappa shape index (κ1) is 16.4. The summed E-state index contributed by atoms with van der Waals surface area (Å²) in [6, 6.07) is 3.00. The number of hydrogen-bond donors (Lipinski definition) is 1. The van der Waals surface area contributed by atoms with Gasteiger partial charge in [0.2, 0.25) is 10.0 Å². The van der Waals surface area contributed by atoms with E-state index in [2.05, 4.69) is 30.5 Å². The molecule has 0 saturated heterocycles. The highest BCUT2D eigenvalue weighted by molar-refractivity contribution is 7.89. The molecule has 108 valence electrons. The van der Waals surface area contributed by atoms with Crippen LogP contribution in [0.4, 0.5) is 0 Å². The van der Waals surface area contributed by atoms with Crippen molar-refractivity contribution in [3.8, 4) is 0 Å². The molecule has 0 fully saturated rings. The average molecular weight is 305 g/mol. The Kier molecular flexibility index (Phi) is 4.65. The summed E-state index contributed by atoms with van der Waals surface area (Å²) in [5.41, 5.74) is -0.541. The molecule has 0 spiro atoms. The zero-order valence-corrected chi connectivity index (χ0v) is 13.6. The molecule has 0 unspecified atom stereocenters. The van der Waals surface area contributed by atoms with E-state index in [0.717, 1.165) is 0 Å². The molecule has 1 N–H and O–H groups in total. The number of sulfonamides is 1. The number of halogens is 1. The molecule has 1 aromatic rings. The normalized spacial score (nSPS) is 13.6. The Morgan fingerprint density at radius 2 is 1.84 bits per heavy atom. The largest absolute Gasteiger partial charge is 0.244 e. The van der Waals surface area contributed by atoms with Crippen molar-refractivity contribution in [2.45, 2.75) is 51.5 Å². The van der Waals surface area contributed by atoms with Crippen molar-refractivity contribution in [1.82, 2.24) is 9.71 Å². The molecule has 0 bridgehead atoms. The lowest BCUT2D eigenvalue weighted by Crippen LogP contribution is -2.45. The van der Waals surface area contributed by atoms with Gasteiger partial charge in [-0.1, -0.05) is 32.4 Å². The molecule has 0 radical (unpaired) electrons. The van der Waals surface area contributed by atoms with Gasteiger partial charge < -0.3 is 0 Å². The van der Waals surface area contributed by atoms with Gasteiger partial charge in [-0.2, -0.15) is 0 Å². The third-order valence-corrected chi connectivity index (χ3v) is 4.54. The Balaban J connectivity index is 3.01. The maximum Gasteiger partial charge on any atom is 0.244 e. The zero-order valence-electron chi connectivity index (χ0n) is 12.0. The third kappa shape index (κ3) is 5.09. The Hall–Kier alpha value is -0.650. The van der Waals surface area contributed by atoms with Crippen LogP contribution in [0.25, 0.3) is 0 Å². The number of aromatic nitrogens is 1. The fraction of sp³-hybridized carbons (Fsp3) is 0.615. The van der Waals surface area contributed by atoms with E-state index in [0.29, 0.717) is 6.42 Å². The summed E-state index contributed by atoms with van der Waals surface area (Å²) in [6.07, 6.45) is 2.17. The molecular weight excluding hydrogens is 284 g/mol. The van der Waals surface area contributed by atoms with Gasteiger partial charge >= 0.3 is 0 Å². The summed E-state index contributed by atoms with van der Waals surface area (Å²) in [6.45, 7) is 9.93. The SMILES string of the molecule is CC(C)(C)CC(C)(C)NS(=O)(=O)c1cccnc1Cl. The molecule has 0 atom stereocenters. The molecule has 1 aromatic heterocycles. The highest BCUT2D eigenvalue weighted by atomic mass is 35.5. The fourth-order valence-electron chi connectivity index (χ4n) is 2.35. The van der Waals surface area contributed by atoms with Gasteiger partial charge in [-0.05, 0) is 37.8 Å². The van der Waals surface area contributed by atoms with Gasteiger partial charge in [-0.25, -0.2) is 18.1 Å². The highest BCUT2D eigenvalue weighted by Gasteiger charge is 2.31. The number of rotatable bonds is 4. The molecule has 0 saturated carbocycles. The van der Waals surface area contributed by atoms with Crippen molar-refractivity contribution in [1.29, 1.82) is 0 Å². The van der Waals surface area contributed by atoms with E-state index in [1.165, 1.54) is 12.3 Å². The minimum absolute atomic E-state index is 0.0124. The van der Waals surface area contributed by atoms with Gasteiger partial charge in [-0.15, -0.1) is 0 Å². The second-order valence-electron chi connectivity index (χ2n) is 6.52. The second kappa shape index (κ2) is 5.38. The van der Waals surface area contributed by atoms with Crippen molar-refractivity contribution in [3.05, 3.63) is 23.5 Å². The summed E-state index contributed by atoms with van der Waals surface area (Å²) >= 11 is 5.84. The molecule has 4 nitrogen and oxygen atoms in total. The lowest BCUT2D eigenvalue weighted by atomic mass is 9.82. The van der Waals surface area contributed by atoms with Gasteiger partial charge in [0.1, 0.15) is 10.0 Å². The van der Waals surface area contributed by atoms with E-state index in [-0.39, 0.29) is 15.5 Å². The minimum atomic E-state index is -3.67. The van der Waals surface area contributed by atoms with E-state index < -0.39 is 15.6 Å². The molecule has 0 aliphatic carbocycles. The lowest BCUT2D eigenvalue weighted by molar-refractivity contribution is 0.269. The van der Waals surface area contributed by atoms with Gasteiger partial charge in [0.25, 0.3) is 0 Å². The topological polar surface area (TPSA) is 59.1 Å². The average Bonchev–Trinajstić information content (AvgIpc) is 2.11. The van der Waals surface area contributed by atoms with Crippen LogP contribution in [0.1, 0.15) is 41.0 Å². The van der Waals surface area contributed by atoms with E-state index in [1.807, 2.05) is 13.8 Å². The van der Waals surface area contributed by atoms with Gasteiger partial charge in [0.05, 0.1) is 0 Å². The standard InChI is InChI=1S/C13H21ClN2O2S/c1-12(2,3)9-13(4,5)16-19(17,18)10-7-6-8-15-11(10)14/h6-8,16H,9H2,1-5H3. The predicted molar refractivity (Wildman–Crippen MR) is 77.7 cm³/mol. The predicted octanol–water partition coefficient (Wildman–Crippen LogP) is 3.23. The maximum atomic E-state index is 12.3. The summed E-state index contributed by atoms with van der Waals surface area (Å²) < 4.78 is 27.3. The first-order valence-corrected chi connectivity index (χ1v) is 7.94. The molecule has 1 rings (SSSR count). The van der Waals surface area contributed by atoms with Crippen LogP contribution < -0.4 is 4.72 Å². The first-order chi connectivity index (χ1) is 8.43. The molecule has 0 aromatic carbocycles. The number of hydrogen-bond acceptors (Lipinski definition) is 3. The first-order valence-electron chi connectivity index (χ1n) is 6.07. The summed E-state index contributed by atoms with van der Waals surface area (Å²) in [5.74, 6) is 0. The third-order valence-electron chi connectivity index (χ3n) is 2.40. The molecule has 6 heteroatoms. The van der Waals surface area contributed by atoms with Gasteiger partial charge in [-0.3, -0.25) is 0 Å². The minimum Gasteiger partial charge on any atom is -0.243 e. The monoisotopic (exact) mass is 304 g/mol. The van der Waals surface area contributed by atoms with E-state index in [9.17, 15) is 8.42 Å². The van der Waals surface area contributed by atoms with Crippen LogP contribution in [-0.2, 0) is 10.0 Å². The summed E-state index contributed by atoms with van der Waals surface area (Å²) in [5, 5.41) is -0.0124. The molecule has 19 heavy (non-hydrogen) atoms. The van der Waals surface area contributed by atoms with Crippen LogP contribution in [0.5, 0.6) is 0 Å².